The molecule has 3 aromatic rings. The molecule has 17 nitrogen and oxygen atoms in total. The van der Waals surface area contributed by atoms with Gasteiger partial charge in [-0.2, -0.15) is 5.10 Å². The fourth-order valence-corrected chi connectivity index (χ4v) is 7.27. The molecule has 43 heavy (non-hydrogen) atoms. The van der Waals surface area contributed by atoms with Crippen molar-refractivity contribution in [3.05, 3.63) is 40.7 Å². The van der Waals surface area contributed by atoms with E-state index in [4.69, 9.17) is 34.9 Å². The van der Waals surface area contributed by atoms with Gasteiger partial charge in [0.25, 0.3) is 5.56 Å². The lowest BCUT2D eigenvalue weighted by Gasteiger charge is -2.26. The van der Waals surface area contributed by atoms with E-state index < -0.39 is 75.6 Å². The van der Waals surface area contributed by atoms with Crippen molar-refractivity contribution in [2.75, 3.05) is 13.2 Å². The van der Waals surface area contributed by atoms with E-state index in [0.29, 0.717) is 5.69 Å². The molecular weight excluding hydrogens is 655 g/mol. The normalized spacial score (nSPS) is 30.6. The Kier molecular flexibility index (Phi) is 8.71. The highest BCUT2D eigenvalue weighted by atomic mass is 32.7. The molecule has 3 aliphatic heterocycles. The first-order chi connectivity index (χ1) is 20.6. The number of Topliss-reactive ketones (excluding diaryl/α,β-unsaturated/α-hetero) is 1. The quantitative estimate of drug-likeness (QED) is 0.175. The second kappa shape index (κ2) is 12.2. The number of aliphatic hydroxyl groups is 1. The van der Waals surface area contributed by atoms with Crippen molar-refractivity contribution in [1.29, 1.82) is 0 Å². The number of rotatable bonds is 10. The van der Waals surface area contributed by atoms with Crippen LogP contribution in [-0.4, -0.2) is 95.0 Å². The van der Waals surface area contributed by atoms with Crippen LogP contribution in [0.25, 0.3) is 11.2 Å². The molecule has 2 fully saturated rings. The highest BCUT2D eigenvalue weighted by Crippen LogP contribution is 2.51. The van der Waals surface area contributed by atoms with Gasteiger partial charge in [0.1, 0.15) is 42.8 Å². The lowest BCUT2D eigenvalue weighted by Crippen LogP contribution is -2.32. The van der Waals surface area contributed by atoms with Gasteiger partial charge in [0, 0.05) is 12.6 Å². The Balaban J connectivity index is 1.19. The first kappa shape index (κ1) is 30.7. The Labute approximate surface area is 251 Å². The van der Waals surface area contributed by atoms with E-state index >= 15 is 4.39 Å². The van der Waals surface area contributed by atoms with Crippen LogP contribution < -0.4 is 5.56 Å². The van der Waals surface area contributed by atoms with Crippen molar-refractivity contribution in [1.82, 2.24) is 29.2 Å². The van der Waals surface area contributed by atoms with Crippen LogP contribution in [0.2, 0.25) is 0 Å². The summed E-state index contributed by atoms with van der Waals surface area (Å²) in [7, 11) is -2.38. The van der Waals surface area contributed by atoms with Gasteiger partial charge < -0.3 is 29.0 Å². The molecule has 6 rings (SSSR count). The standard InChI is InChI=1S/C21H22FN7O10P2S2/c22-15-13(5-30)37-21(28-8-26-16-19(28)24-7-25-20(16)32)17(15)39-41(34,43)35-6-14-12(38-40(33)42)3-11(36-14)9-4-23-18-10(31)1-2-27-29(9)18/h2,4,7-8,11-15,17,21,30H,1,3,5-6H2,(H2-,24,25,32,33,34,42,43)/p+1/t11-,12+,13-,14-,15-,17-,21-,41?/m1/s1. The maximum atomic E-state index is 15.4. The third kappa shape index (κ3) is 6.02. The van der Waals surface area contributed by atoms with E-state index in [1.807, 2.05) is 0 Å². The molecule has 3 aromatic heterocycles. The Bertz CT molecular complexity index is 1700. The zero-order valence-corrected chi connectivity index (χ0v) is 25.2. The van der Waals surface area contributed by atoms with Crippen molar-refractivity contribution >= 4 is 61.2 Å². The summed E-state index contributed by atoms with van der Waals surface area (Å²) in [6.07, 6.45) is -3.37. The van der Waals surface area contributed by atoms with Gasteiger partial charge in [-0.15, -0.1) is 4.52 Å². The van der Waals surface area contributed by atoms with Gasteiger partial charge >= 0.3 is 13.9 Å². The maximum Gasteiger partial charge on any atom is 0.582 e. The fourth-order valence-electron chi connectivity index (χ4n) is 5.05. The number of nitrogens with one attached hydrogen (secondary N) is 1. The van der Waals surface area contributed by atoms with Gasteiger partial charge in [0.15, 0.2) is 29.4 Å². The van der Waals surface area contributed by atoms with Crippen LogP contribution in [0.3, 0.4) is 0 Å². The summed E-state index contributed by atoms with van der Waals surface area (Å²) in [5.74, 6) is -0.0860. The van der Waals surface area contributed by atoms with Crippen LogP contribution in [-0.2, 0) is 39.4 Å². The topological polar surface area (TPSA) is 214 Å². The third-order valence-corrected chi connectivity index (χ3v) is 9.28. The minimum atomic E-state index is -4.25. The summed E-state index contributed by atoms with van der Waals surface area (Å²) in [6.45, 7) is -5.40. The average Bonchev–Trinajstić information content (AvgIpc) is 3.73. The lowest BCUT2D eigenvalue weighted by atomic mass is 10.1. The number of thiol groups is 1. The fraction of sp³-hybridized carbons (Fsp3) is 0.524. The first-order valence-electron chi connectivity index (χ1n) is 12.6. The Morgan fingerprint density at radius 3 is 2.86 bits per heavy atom. The van der Waals surface area contributed by atoms with Crippen LogP contribution in [0.5, 0.6) is 0 Å². The molecule has 2 saturated heterocycles. The number of aliphatic hydroxyl groups excluding tert-OH is 1. The Morgan fingerprint density at radius 2 is 2.09 bits per heavy atom. The molecule has 3 N–H and O–H groups in total. The van der Waals surface area contributed by atoms with E-state index in [9.17, 15) is 24.2 Å². The molecule has 0 bridgehead atoms. The Morgan fingerprint density at radius 1 is 1.28 bits per heavy atom. The maximum absolute atomic E-state index is 15.4. The highest BCUT2D eigenvalue weighted by Gasteiger charge is 2.50. The summed E-state index contributed by atoms with van der Waals surface area (Å²) in [5.41, 5.74) is -0.122. The van der Waals surface area contributed by atoms with E-state index in [-0.39, 0.29) is 35.6 Å². The molecule has 0 amide bonds. The number of ether oxygens (including phenoxy) is 2. The van der Waals surface area contributed by atoms with E-state index in [0.717, 1.165) is 6.33 Å². The van der Waals surface area contributed by atoms with E-state index in [2.05, 4.69) is 37.3 Å². The monoisotopic (exact) mass is 678 g/mol. The summed E-state index contributed by atoms with van der Waals surface area (Å²) >= 11 is 8.99. The van der Waals surface area contributed by atoms with E-state index in [1.165, 1.54) is 28.0 Å². The number of ketones is 1. The summed E-state index contributed by atoms with van der Waals surface area (Å²) in [5, 5.41) is 13.8. The van der Waals surface area contributed by atoms with Gasteiger partial charge in [-0.3, -0.25) is 18.7 Å². The minimum absolute atomic E-state index is 0.0413. The second-order valence-electron chi connectivity index (χ2n) is 9.61. The molecule has 9 atom stereocenters. The number of fused-ring (bicyclic) bond motifs is 2. The predicted octanol–water partition coefficient (Wildman–Crippen LogP) is 1.09. The van der Waals surface area contributed by atoms with Gasteiger partial charge in [0.2, 0.25) is 5.78 Å². The predicted molar refractivity (Wildman–Crippen MR) is 150 cm³/mol. The summed E-state index contributed by atoms with van der Waals surface area (Å²) < 4.78 is 57.9. The molecule has 230 valence electrons. The number of aromatic amines is 1. The van der Waals surface area contributed by atoms with Crippen molar-refractivity contribution in [2.24, 2.45) is 5.10 Å². The average molecular weight is 679 g/mol. The van der Waals surface area contributed by atoms with Crippen molar-refractivity contribution in [3.63, 3.8) is 0 Å². The molecule has 0 spiro atoms. The number of H-pyrrole nitrogens is 1. The molecule has 2 unspecified atom stereocenters. The third-order valence-electron chi connectivity index (χ3n) is 6.98. The molecule has 6 heterocycles. The smallest absolute Gasteiger partial charge is 0.394 e. The molecule has 0 radical (unpaired) electrons. The zero-order valence-electron chi connectivity index (χ0n) is 21.7. The van der Waals surface area contributed by atoms with Crippen LogP contribution >= 0.6 is 26.2 Å². The number of alkyl halides is 1. The number of hydrogen-bond donors (Lipinski definition) is 4. The second-order valence-corrected chi connectivity index (χ2v) is 14.1. The lowest BCUT2D eigenvalue weighted by molar-refractivity contribution is -0.0502. The van der Waals surface area contributed by atoms with Crippen LogP contribution in [0.4, 0.5) is 4.39 Å². The van der Waals surface area contributed by atoms with Gasteiger partial charge in [0.05, 0.1) is 44.2 Å². The van der Waals surface area contributed by atoms with Crippen molar-refractivity contribution in [3.8, 4) is 0 Å². The molecule has 0 aromatic carbocycles. The molecular formula is C21H23FN7O10P2S2+. The van der Waals surface area contributed by atoms with Crippen molar-refractivity contribution in [2.45, 2.75) is 55.8 Å². The zero-order chi connectivity index (χ0) is 30.5. The number of imidazole rings is 2. The molecule has 3 aliphatic rings. The largest absolute Gasteiger partial charge is 0.582 e. The van der Waals surface area contributed by atoms with Crippen LogP contribution in [0.1, 0.15) is 41.5 Å². The van der Waals surface area contributed by atoms with Crippen molar-refractivity contribution < 1.29 is 46.8 Å². The van der Waals surface area contributed by atoms with Gasteiger partial charge in [-0.25, -0.2) is 24.0 Å². The molecule has 22 heteroatoms. The number of hydrogen-bond acceptors (Lipinski definition) is 14. The molecule has 0 saturated carbocycles. The SMILES string of the molecule is O=C1CC=Nn2c([C@H]3C[C@H](O[P+](=O)S)[C@@H](COP(O)(=S)O[C@@H]4[C@H](F)[C@@H](CO)O[C@H]4n4cnc5c(=O)[nH]cnc54)O3)cnc21. The van der Waals surface area contributed by atoms with Gasteiger partial charge in [-0.1, -0.05) is 0 Å². The molecule has 0 aliphatic carbocycles. The number of nitrogens with zero attached hydrogens (tertiary/aromatic N) is 6. The number of aromatic nitrogens is 6. The van der Waals surface area contributed by atoms with E-state index in [1.54, 1.807) is 0 Å². The highest BCUT2D eigenvalue weighted by molar-refractivity contribution is 8.39. The summed E-state index contributed by atoms with van der Waals surface area (Å²) in [4.78, 5) is 49.7. The number of carbonyl (C=O) groups excluding carboxylic acids is 1. The first-order valence-corrected chi connectivity index (χ1v) is 17.6. The number of halogens is 1. The number of carbonyl (C=O) groups is 1. The summed E-state index contributed by atoms with van der Waals surface area (Å²) in [6, 6.07) is 0. The van der Waals surface area contributed by atoms with Gasteiger partial charge in [-0.05, 0) is 16.4 Å². The minimum Gasteiger partial charge on any atom is -0.394 e. The van der Waals surface area contributed by atoms with Crippen LogP contribution in [0.15, 0.2) is 28.7 Å². The van der Waals surface area contributed by atoms with Crippen LogP contribution in [0, 0.1) is 0 Å². The Hall–Kier alpha value is -2.35.